The van der Waals surface area contributed by atoms with E-state index in [1.165, 1.54) is 62.0 Å². The van der Waals surface area contributed by atoms with Gasteiger partial charge in [0.2, 0.25) is 0 Å². The Kier molecular flexibility index (Phi) is 17.8. The van der Waals surface area contributed by atoms with E-state index in [1.54, 1.807) is 0 Å². The minimum absolute atomic E-state index is 0.536. The van der Waals surface area contributed by atoms with Crippen molar-refractivity contribution in [3.8, 4) is 11.1 Å². The first-order valence-corrected chi connectivity index (χ1v) is 26.3. The zero-order valence-electron chi connectivity index (χ0n) is 43.5. The number of nitrogens with zero attached hydrogens (tertiary/aromatic N) is 2. The second-order valence-corrected chi connectivity index (χ2v) is 19.1. The Morgan fingerprint density at radius 1 is 0.547 bits per heavy atom. The highest BCUT2D eigenvalue weighted by atomic mass is 15.2. The van der Waals surface area contributed by atoms with E-state index in [4.69, 9.17) is 0 Å². The van der Waals surface area contributed by atoms with Crippen LogP contribution in [0.15, 0.2) is 308 Å². The number of nitrogens with one attached hydrogen (secondary N) is 1. The maximum absolute atomic E-state index is 3.56. The molecule has 0 bridgehead atoms. The third-order valence-electron chi connectivity index (χ3n) is 13.7. The van der Waals surface area contributed by atoms with Crippen LogP contribution in [-0.2, 0) is 6.42 Å². The number of benzene rings is 9. The lowest BCUT2D eigenvalue weighted by Crippen LogP contribution is -2.25. The van der Waals surface area contributed by atoms with Crippen LogP contribution in [0.3, 0.4) is 0 Å². The molecular formula is C72H67N3. The van der Waals surface area contributed by atoms with E-state index in [0.29, 0.717) is 5.92 Å². The molecular weight excluding hydrogens is 907 g/mol. The lowest BCUT2D eigenvalue weighted by Gasteiger charge is -2.34. The van der Waals surface area contributed by atoms with Gasteiger partial charge in [-0.1, -0.05) is 224 Å². The van der Waals surface area contributed by atoms with Gasteiger partial charge in [0.05, 0.1) is 0 Å². The molecule has 0 spiro atoms. The van der Waals surface area contributed by atoms with Crippen molar-refractivity contribution in [2.24, 2.45) is 5.92 Å². The van der Waals surface area contributed by atoms with Crippen molar-refractivity contribution in [1.82, 2.24) is 0 Å². The summed E-state index contributed by atoms with van der Waals surface area (Å²) in [5, 5.41) is 6.18. The number of hydrogen-bond acceptors (Lipinski definition) is 3. The minimum Gasteiger partial charge on any atom is -0.359 e. The lowest BCUT2D eigenvalue weighted by molar-refractivity contribution is 0.559. The Morgan fingerprint density at radius 3 is 1.77 bits per heavy atom. The molecule has 0 saturated heterocycles. The van der Waals surface area contributed by atoms with Crippen molar-refractivity contribution in [3.05, 3.63) is 330 Å². The molecule has 0 heterocycles. The Balaban J connectivity index is 0.000000463. The molecule has 0 amide bonds. The number of rotatable bonds is 13. The molecule has 0 aromatic heterocycles. The summed E-state index contributed by atoms with van der Waals surface area (Å²) in [4.78, 5) is 4.67. The van der Waals surface area contributed by atoms with Crippen LogP contribution in [-0.4, -0.2) is 7.05 Å². The quantitative estimate of drug-likeness (QED) is 0.116. The molecule has 1 unspecified atom stereocenters. The van der Waals surface area contributed by atoms with Crippen LogP contribution >= 0.6 is 0 Å². The van der Waals surface area contributed by atoms with Gasteiger partial charge in [-0.05, 0) is 162 Å². The fourth-order valence-corrected chi connectivity index (χ4v) is 9.61. The minimum atomic E-state index is 0.536. The monoisotopic (exact) mass is 974 g/mol. The lowest BCUT2D eigenvalue weighted by atomic mass is 9.82. The van der Waals surface area contributed by atoms with Crippen molar-refractivity contribution in [2.75, 3.05) is 22.2 Å². The van der Waals surface area contributed by atoms with Crippen LogP contribution in [0.5, 0.6) is 0 Å². The van der Waals surface area contributed by atoms with Gasteiger partial charge in [-0.2, -0.15) is 0 Å². The van der Waals surface area contributed by atoms with Gasteiger partial charge in [-0.15, -0.1) is 0 Å². The van der Waals surface area contributed by atoms with Gasteiger partial charge in [0.25, 0.3) is 0 Å². The molecule has 1 N–H and O–H groups in total. The second kappa shape index (κ2) is 26.2. The smallest absolute Gasteiger partial charge is 0.0493 e. The van der Waals surface area contributed by atoms with Crippen molar-refractivity contribution >= 4 is 39.6 Å². The molecule has 1 atom stereocenters. The molecule has 3 heteroatoms. The topological polar surface area (TPSA) is 18.5 Å². The van der Waals surface area contributed by atoms with E-state index in [-0.39, 0.29) is 0 Å². The Morgan fingerprint density at radius 2 is 1.12 bits per heavy atom. The van der Waals surface area contributed by atoms with Crippen molar-refractivity contribution in [3.63, 3.8) is 0 Å². The summed E-state index contributed by atoms with van der Waals surface area (Å²) in [5.74, 6) is 0.536. The van der Waals surface area contributed by atoms with Gasteiger partial charge in [0.1, 0.15) is 0 Å². The summed E-state index contributed by atoms with van der Waals surface area (Å²) >= 11 is 0. The Labute approximate surface area is 446 Å². The molecule has 2 aliphatic rings. The number of hydrogen-bond donors (Lipinski definition) is 1. The SMILES string of the molecule is C\C(=C/C=C(\C=C/c1ccc(-c2ccc(N(C)c3ccc(Cc4cccc5ccccc45)cc3)cc2)cc1)N(C1=C2C=CCCC2CC=C1)c1ccccc1)Nc1ccccc1.Cc1ccccc1.c1ccccc1. The molecule has 9 aromatic carbocycles. The average molecular weight is 974 g/mol. The third kappa shape index (κ3) is 14.2. The largest absolute Gasteiger partial charge is 0.359 e. The maximum Gasteiger partial charge on any atom is 0.0493 e. The fraction of sp³-hybridized carbons (Fsp3) is 0.111. The van der Waals surface area contributed by atoms with Crippen LogP contribution in [0, 0.1) is 12.8 Å². The highest BCUT2D eigenvalue weighted by Crippen LogP contribution is 2.39. The van der Waals surface area contributed by atoms with Crippen LogP contribution < -0.4 is 15.1 Å². The molecule has 0 fully saturated rings. The van der Waals surface area contributed by atoms with E-state index < -0.39 is 0 Å². The molecule has 0 aliphatic heterocycles. The highest BCUT2D eigenvalue weighted by Gasteiger charge is 2.25. The standard InChI is InChI=1S/C59H53N3.C7H8.C6H6/c1-44(60-52-20-5-3-6-21-52)27-37-56(62(55-22-7-4-8-23-55)59-26-14-18-50-16-10-12-25-58(50)59)40-30-45-28-33-47(34-29-45)48-35-41-54(42-36-48)61(2)53-38-31-46(32-39-53)43-51-19-13-17-49-15-9-11-24-57(49)51;1-7-5-3-2-4-6-7;1-2-4-6-5-3-1/h3-9,11-15,17,19-42,50,60H,10,16,18,43H2,1-2H3;2-6H,1H3;1-6H/b40-30-,44-27+,56-37+;;. The van der Waals surface area contributed by atoms with E-state index in [2.05, 4.69) is 267 Å². The summed E-state index contributed by atoms with van der Waals surface area (Å²) in [6, 6.07) is 85.3. The average Bonchev–Trinajstić information content (AvgIpc) is 3.48. The third-order valence-corrected chi connectivity index (χ3v) is 13.7. The van der Waals surface area contributed by atoms with Crippen LogP contribution in [0.2, 0.25) is 0 Å². The van der Waals surface area contributed by atoms with E-state index >= 15 is 0 Å². The summed E-state index contributed by atoms with van der Waals surface area (Å²) < 4.78 is 0. The van der Waals surface area contributed by atoms with Crippen LogP contribution in [0.1, 0.15) is 48.4 Å². The number of allylic oxidation sites excluding steroid dienone is 9. The summed E-state index contributed by atoms with van der Waals surface area (Å²) in [7, 11) is 2.14. The number of anilines is 4. The van der Waals surface area contributed by atoms with Crippen molar-refractivity contribution in [2.45, 2.75) is 39.5 Å². The molecule has 0 radical (unpaired) electrons. The first-order valence-electron chi connectivity index (χ1n) is 26.3. The van der Waals surface area contributed by atoms with Crippen molar-refractivity contribution < 1.29 is 0 Å². The van der Waals surface area contributed by atoms with Gasteiger partial charge < -0.3 is 15.1 Å². The maximum atomic E-state index is 3.56. The molecule has 3 nitrogen and oxygen atoms in total. The van der Waals surface area contributed by atoms with E-state index in [1.807, 2.05) is 60.7 Å². The van der Waals surface area contributed by atoms with E-state index in [9.17, 15) is 0 Å². The van der Waals surface area contributed by atoms with Gasteiger partial charge in [-0.3, -0.25) is 0 Å². The zero-order valence-corrected chi connectivity index (χ0v) is 43.5. The second-order valence-electron chi connectivity index (χ2n) is 19.1. The van der Waals surface area contributed by atoms with Gasteiger partial charge in [0.15, 0.2) is 0 Å². The fourth-order valence-electron chi connectivity index (χ4n) is 9.61. The first kappa shape index (κ1) is 51.0. The van der Waals surface area contributed by atoms with Gasteiger partial charge >= 0.3 is 0 Å². The Bertz CT molecular complexity index is 3350. The summed E-state index contributed by atoms with van der Waals surface area (Å²) in [5.41, 5.74) is 16.8. The normalized spacial score (nSPS) is 14.0. The van der Waals surface area contributed by atoms with Crippen LogP contribution in [0.25, 0.3) is 28.0 Å². The number of aryl methyl sites for hydroxylation is 1. The van der Waals surface area contributed by atoms with Crippen molar-refractivity contribution in [1.29, 1.82) is 0 Å². The van der Waals surface area contributed by atoms with Crippen LogP contribution in [0.4, 0.5) is 22.7 Å². The molecule has 11 rings (SSSR count). The first-order chi connectivity index (χ1) is 36.9. The predicted octanol–water partition coefficient (Wildman–Crippen LogP) is 19.1. The molecule has 370 valence electrons. The Hall–Kier alpha value is -8.92. The molecule has 9 aromatic rings. The highest BCUT2D eigenvalue weighted by molar-refractivity contribution is 5.86. The van der Waals surface area contributed by atoms with Gasteiger partial charge in [0, 0.05) is 46.9 Å². The van der Waals surface area contributed by atoms with E-state index in [0.717, 1.165) is 53.3 Å². The van der Waals surface area contributed by atoms with Gasteiger partial charge in [-0.25, -0.2) is 0 Å². The molecule has 2 aliphatic carbocycles. The predicted molar refractivity (Wildman–Crippen MR) is 323 cm³/mol. The summed E-state index contributed by atoms with van der Waals surface area (Å²) in [6.07, 6.45) is 22.6. The molecule has 0 saturated carbocycles. The number of fused-ring (bicyclic) bond motifs is 2. The number of para-hydroxylation sites is 2. The molecule has 75 heavy (non-hydrogen) atoms. The zero-order chi connectivity index (χ0) is 51.4. The summed E-state index contributed by atoms with van der Waals surface area (Å²) in [6.45, 7) is 4.20.